The Hall–Kier alpha value is -1.26. The monoisotopic (exact) mass is 285 g/mol. The van der Waals surface area contributed by atoms with E-state index in [2.05, 4.69) is 5.32 Å². The number of ether oxygens (including phenoxy) is 1. The molecule has 0 bridgehead atoms. The standard InChI is InChI=1S/C14H20ClNO3/c1-2-19-14(18)7-6-11-4-3-5-12(8-11)16-10-13(17)9-15/h3-5,8,13,16-17H,2,6-7,9-10H2,1H3. The first-order valence-corrected chi connectivity index (χ1v) is 6.91. The highest BCUT2D eigenvalue weighted by Crippen LogP contribution is 2.12. The van der Waals surface area contributed by atoms with E-state index in [1.807, 2.05) is 24.3 Å². The highest BCUT2D eigenvalue weighted by Gasteiger charge is 2.04. The van der Waals surface area contributed by atoms with Gasteiger partial charge in [0.1, 0.15) is 0 Å². The largest absolute Gasteiger partial charge is 0.466 e. The van der Waals surface area contributed by atoms with Gasteiger partial charge in [-0.25, -0.2) is 0 Å². The van der Waals surface area contributed by atoms with Crippen molar-refractivity contribution in [1.29, 1.82) is 0 Å². The van der Waals surface area contributed by atoms with Gasteiger partial charge in [0.15, 0.2) is 0 Å². The molecule has 1 aromatic rings. The number of nitrogens with one attached hydrogen (secondary N) is 1. The number of hydrogen-bond acceptors (Lipinski definition) is 4. The van der Waals surface area contributed by atoms with Crippen LogP contribution in [0.2, 0.25) is 0 Å². The third-order valence-corrected chi connectivity index (χ3v) is 2.93. The molecular formula is C14H20ClNO3. The van der Waals surface area contributed by atoms with E-state index in [9.17, 15) is 9.90 Å². The van der Waals surface area contributed by atoms with E-state index in [1.54, 1.807) is 6.92 Å². The summed E-state index contributed by atoms with van der Waals surface area (Å²) in [6.45, 7) is 2.62. The third-order valence-electron chi connectivity index (χ3n) is 2.57. The number of benzene rings is 1. The first-order valence-electron chi connectivity index (χ1n) is 6.38. The average molecular weight is 286 g/mol. The van der Waals surface area contributed by atoms with Gasteiger partial charge in [-0.1, -0.05) is 12.1 Å². The van der Waals surface area contributed by atoms with E-state index in [-0.39, 0.29) is 11.8 Å². The molecule has 2 N–H and O–H groups in total. The van der Waals surface area contributed by atoms with Crippen LogP contribution in [0, 0.1) is 0 Å². The number of rotatable bonds is 8. The second-order valence-electron chi connectivity index (χ2n) is 4.19. The quantitative estimate of drug-likeness (QED) is 0.568. The molecule has 0 fully saturated rings. The molecule has 0 aromatic heterocycles. The molecule has 0 aliphatic carbocycles. The van der Waals surface area contributed by atoms with Crippen molar-refractivity contribution in [3.8, 4) is 0 Å². The first-order chi connectivity index (χ1) is 9.15. The van der Waals surface area contributed by atoms with Gasteiger partial charge in [0.25, 0.3) is 0 Å². The van der Waals surface area contributed by atoms with Crippen molar-refractivity contribution >= 4 is 23.3 Å². The average Bonchev–Trinajstić information content (AvgIpc) is 2.43. The van der Waals surface area contributed by atoms with Gasteiger partial charge in [0.2, 0.25) is 0 Å². The summed E-state index contributed by atoms with van der Waals surface area (Å²) in [6, 6.07) is 7.74. The van der Waals surface area contributed by atoms with Crippen molar-refractivity contribution in [1.82, 2.24) is 0 Å². The SMILES string of the molecule is CCOC(=O)CCc1cccc(NCC(O)CCl)c1. The molecule has 0 saturated carbocycles. The van der Waals surface area contributed by atoms with Crippen LogP contribution in [0.15, 0.2) is 24.3 Å². The van der Waals surface area contributed by atoms with Gasteiger partial charge in [-0.2, -0.15) is 0 Å². The van der Waals surface area contributed by atoms with Gasteiger partial charge < -0.3 is 15.2 Å². The molecule has 1 atom stereocenters. The summed E-state index contributed by atoms with van der Waals surface area (Å²) in [5.74, 6) is 0.0219. The van der Waals surface area contributed by atoms with Gasteiger partial charge in [-0.15, -0.1) is 11.6 Å². The number of anilines is 1. The molecule has 19 heavy (non-hydrogen) atoms. The molecule has 1 aromatic carbocycles. The molecule has 0 amide bonds. The fourth-order valence-corrected chi connectivity index (χ4v) is 1.72. The Bertz CT molecular complexity index is 398. The lowest BCUT2D eigenvalue weighted by atomic mass is 10.1. The molecule has 5 heteroatoms. The minimum Gasteiger partial charge on any atom is -0.466 e. The lowest BCUT2D eigenvalue weighted by Gasteiger charge is -2.11. The lowest BCUT2D eigenvalue weighted by Crippen LogP contribution is -2.20. The van der Waals surface area contributed by atoms with Gasteiger partial charge in [-0.3, -0.25) is 4.79 Å². The topological polar surface area (TPSA) is 58.6 Å². The number of carbonyl (C=O) groups is 1. The number of aryl methyl sites for hydroxylation is 1. The third kappa shape index (κ3) is 6.45. The van der Waals surface area contributed by atoms with E-state index in [0.29, 0.717) is 26.0 Å². The second-order valence-corrected chi connectivity index (χ2v) is 4.50. The number of aliphatic hydroxyl groups excluding tert-OH is 1. The van der Waals surface area contributed by atoms with Gasteiger partial charge in [0, 0.05) is 18.7 Å². The lowest BCUT2D eigenvalue weighted by molar-refractivity contribution is -0.143. The summed E-state index contributed by atoms with van der Waals surface area (Å²) in [6.07, 6.45) is 0.457. The molecule has 4 nitrogen and oxygen atoms in total. The number of alkyl halides is 1. The van der Waals surface area contributed by atoms with E-state index >= 15 is 0 Å². The molecule has 1 unspecified atom stereocenters. The van der Waals surface area contributed by atoms with Crippen LogP contribution in [0.1, 0.15) is 18.9 Å². The summed E-state index contributed by atoms with van der Waals surface area (Å²) in [7, 11) is 0. The van der Waals surface area contributed by atoms with Gasteiger partial charge >= 0.3 is 5.97 Å². The van der Waals surface area contributed by atoms with E-state index in [4.69, 9.17) is 16.3 Å². The molecule has 106 valence electrons. The molecule has 0 aliphatic rings. The highest BCUT2D eigenvalue weighted by atomic mass is 35.5. The van der Waals surface area contributed by atoms with Crippen LogP contribution in [0.5, 0.6) is 0 Å². The summed E-state index contributed by atoms with van der Waals surface area (Å²) < 4.78 is 4.89. The predicted molar refractivity (Wildman–Crippen MR) is 76.6 cm³/mol. The van der Waals surface area contributed by atoms with Crippen molar-refractivity contribution in [2.45, 2.75) is 25.9 Å². The fraction of sp³-hybridized carbons (Fsp3) is 0.500. The van der Waals surface area contributed by atoms with Crippen molar-refractivity contribution in [3.05, 3.63) is 29.8 Å². The molecular weight excluding hydrogens is 266 g/mol. The van der Waals surface area contributed by atoms with Crippen LogP contribution in [0.25, 0.3) is 0 Å². The minimum atomic E-state index is -0.565. The van der Waals surface area contributed by atoms with Crippen molar-refractivity contribution in [2.75, 3.05) is 24.3 Å². The molecule has 1 rings (SSSR count). The molecule has 0 heterocycles. The maximum atomic E-state index is 11.3. The number of halogens is 1. The summed E-state index contributed by atoms with van der Waals surface area (Å²) >= 11 is 5.52. The van der Waals surface area contributed by atoms with Crippen LogP contribution < -0.4 is 5.32 Å². The molecule has 0 saturated heterocycles. The van der Waals surface area contributed by atoms with Gasteiger partial charge in [0.05, 0.1) is 18.6 Å². The molecule has 0 aliphatic heterocycles. The Morgan fingerprint density at radius 2 is 2.32 bits per heavy atom. The van der Waals surface area contributed by atoms with Crippen molar-refractivity contribution in [2.24, 2.45) is 0 Å². The Kier molecular flexibility index (Phi) is 7.30. The zero-order valence-electron chi connectivity index (χ0n) is 11.1. The minimum absolute atomic E-state index is 0.182. The Morgan fingerprint density at radius 1 is 1.53 bits per heavy atom. The summed E-state index contributed by atoms with van der Waals surface area (Å²) in [5.41, 5.74) is 1.96. The number of hydrogen-bond donors (Lipinski definition) is 2. The van der Waals surface area contributed by atoms with Crippen LogP contribution in [0.3, 0.4) is 0 Å². The molecule has 0 radical (unpaired) electrons. The zero-order valence-corrected chi connectivity index (χ0v) is 11.8. The van der Waals surface area contributed by atoms with Crippen LogP contribution in [-0.4, -0.2) is 36.2 Å². The van der Waals surface area contributed by atoms with Crippen LogP contribution >= 0.6 is 11.6 Å². The summed E-state index contributed by atoms with van der Waals surface area (Å²) in [4.78, 5) is 11.3. The Balaban J connectivity index is 2.45. The van der Waals surface area contributed by atoms with Crippen LogP contribution in [0.4, 0.5) is 5.69 Å². The normalized spacial score (nSPS) is 11.9. The Labute approximate surface area is 118 Å². The smallest absolute Gasteiger partial charge is 0.306 e. The van der Waals surface area contributed by atoms with E-state index in [0.717, 1.165) is 11.3 Å². The van der Waals surface area contributed by atoms with Crippen LogP contribution in [-0.2, 0) is 16.0 Å². The summed E-state index contributed by atoms with van der Waals surface area (Å²) in [5, 5.41) is 12.5. The maximum Gasteiger partial charge on any atom is 0.306 e. The number of aliphatic hydroxyl groups is 1. The van der Waals surface area contributed by atoms with E-state index in [1.165, 1.54) is 0 Å². The fourth-order valence-electron chi connectivity index (χ4n) is 1.61. The highest BCUT2D eigenvalue weighted by molar-refractivity contribution is 6.18. The van der Waals surface area contributed by atoms with E-state index < -0.39 is 6.10 Å². The zero-order chi connectivity index (χ0) is 14.1. The number of esters is 1. The molecule has 0 spiro atoms. The maximum absolute atomic E-state index is 11.3. The van der Waals surface area contributed by atoms with Crippen molar-refractivity contribution < 1.29 is 14.6 Å². The second kappa shape index (κ2) is 8.77. The predicted octanol–water partition coefficient (Wildman–Crippen LogP) is 2.19. The number of carbonyl (C=O) groups excluding carboxylic acids is 1. The van der Waals surface area contributed by atoms with Crippen molar-refractivity contribution in [3.63, 3.8) is 0 Å². The van der Waals surface area contributed by atoms with Gasteiger partial charge in [-0.05, 0) is 31.0 Å². The first kappa shape index (κ1) is 15.8. The Morgan fingerprint density at radius 3 is 3.00 bits per heavy atom.